The van der Waals surface area contributed by atoms with Crippen LogP contribution >= 0.6 is 0 Å². The van der Waals surface area contributed by atoms with E-state index in [0.717, 1.165) is 6.42 Å². The Hall–Kier alpha value is -0.130. The summed E-state index contributed by atoms with van der Waals surface area (Å²) in [4.78, 5) is 0. The smallest absolute Gasteiger partial charge is 0.219 e. The Morgan fingerprint density at radius 2 is 2.00 bits per heavy atom. The van der Waals surface area contributed by atoms with Crippen LogP contribution in [-0.2, 0) is 10.0 Å². The third-order valence-electron chi connectivity index (χ3n) is 2.71. The normalized spacial score (nSPS) is 28.9. The Morgan fingerprint density at radius 1 is 1.47 bits per heavy atom. The molecule has 1 aliphatic rings. The van der Waals surface area contributed by atoms with Gasteiger partial charge < -0.3 is 5.11 Å². The van der Waals surface area contributed by atoms with E-state index in [-0.39, 0.29) is 6.04 Å². The molecule has 0 spiro atoms. The average molecular weight is 235 g/mol. The molecule has 1 N–H and O–H groups in total. The molecule has 1 rings (SSSR count). The Balaban J connectivity index is 2.65. The molecule has 0 aromatic carbocycles. The van der Waals surface area contributed by atoms with Crippen LogP contribution < -0.4 is 0 Å². The topological polar surface area (TPSA) is 57.4 Å². The van der Waals surface area contributed by atoms with Crippen LogP contribution in [-0.4, -0.2) is 41.3 Å². The first-order valence-electron chi connectivity index (χ1n) is 5.41. The molecular weight excluding hydrogens is 214 g/mol. The van der Waals surface area contributed by atoms with E-state index in [1.165, 1.54) is 4.31 Å². The number of nitrogens with zero attached hydrogens (tertiary/aromatic N) is 1. The van der Waals surface area contributed by atoms with E-state index >= 15 is 0 Å². The predicted molar refractivity (Wildman–Crippen MR) is 60.1 cm³/mol. The van der Waals surface area contributed by atoms with Crippen molar-refractivity contribution in [3.05, 3.63) is 0 Å². The van der Waals surface area contributed by atoms with Gasteiger partial charge in [0.1, 0.15) is 0 Å². The molecule has 3 unspecified atom stereocenters. The Morgan fingerprint density at radius 3 is 2.40 bits per heavy atom. The summed E-state index contributed by atoms with van der Waals surface area (Å²) in [6, 6.07) is -0.186. The van der Waals surface area contributed by atoms with E-state index in [2.05, 4.69) is 0 Å². The second-order valence-corrected chi connectivity index (χ2v) is 7.75. The van der Waals surface area contributed by atoms with E-state index < -0.39 is 20.9 Å². The third kappa shape index (κ3) is 2.52. The maximum Gasteiger partial charge on any atom is 0.219 e. The molecule has 0 bridgehead atoms. The van der Waals surface area contributed by atoms with Gasteiger partial charge in [0.2, 0.25) is 10.0 Å². The highest BCUT2D eigenvalue weighted by Gasteiger charge is 2.51. The SMILES string of the molecule is CCCC(O)C1CN1S(=O)(=O)C(C)(C)C. The average Bonchev–Trinajstić information content (AvgIpc) is 2.81. The number of hydrogen-bond donors (Lipinski definition) is 1. The van der Waals surface area contributed by atoms with Crippen LogP contribution in [0.5, 0.6) is 0 Å². The van der Waals surface area contributed by atoms with Crippen LogP contribution in [0, 0.1) is 0 Å². The molecule has 1 saturated heterocycles. The Labute approximate surface area is 92.3 Å². The largest absolute Gasteiger partial charge is 0.391 e. The summed E-state index contributed by atoms with van der Waals surface area (Å²) in [6.07, 6.45) is 1.04. The van der Waals surface area contributed by atoms with Crippen molar-refractivity contribution in [1.29, 1.82) is 0 Å². The lowest BCUT2D eigenvalue weighted by molar-refractivity contribution is 0.154. The summed E-state index contributed by atoms with van der Waals surface area (Å²) in [5.41, 5.74) is 0. The van der Waals surface area contributed by atoms with Crippen molar-refractivity contribution in [3.63, 3.8) is 0 Å². The van der Waals surface area contributed by atoms with Gasteiger partial charge in [-0.25, -0.2) is 8.42 Å². The molecule has 0 saturated carbocycles. The minimum Gasteiger partial charge on any atom is -0.391 e. The van der Waals surface area contributed by atoms with E-state index in [4.69, 9.17) is 0 Å². The molecular formula is C10H21NO3S. The van der Waals surface area contributed by atoms with Gasteiger partial charge in [-0.15, -0.1) is 0 Å². The van der Waals surface area contributed by atoms with Gasteiger partial charge in [-0.1, -0.05) is 13.3 Å². The predicted octanol–water partition coefficient (Wildman–Crippen LogP) is 0.960. The van der Waals surface area contributed by atoms with E-state index in [1.807, 2.05) is 6.92 Å². The summed E-state index contributed by atoms with van der Waals surface area (Å²) in [5.74, 6) is 0. The van der Waals surface area contributed by atoms with Crippen LogP contribution in [0.15, 0.2) is 0 Å². The summed E-state index contributed by atoms with van der Waals surface area (Å²) in [5, 5.41) is 9.68. The van der Waals surface area contributed by atoms with Crippen LogP contribution in [0.3, 0.4) is 0 Å². The quantitative estimate of drug-likeness (QED) is 0.738. The van der Waals surface area contributed by atoms with Crippen LogP contribution in [0.2, 0.25) is 0 Å². The van der Waals surface area contributed by atoms with Crippen molar-refractivity contribution in [2.24, 2.45) is 0 Å². The number of aliphatic hydroxyl groups is 1. The molecule has 0 aromatic rings. The fourth-order valence-corrected chi connectivity index (χ4v) is 3.12. The van der Waals surface area contributed by atoms with Gasteiger partial charge in [0.15, 0.2) is 0 Å². The van der Waals surface area contributed by atoms with Crippen LogP contribution in [0.4, 0.5) is 0 Å². The van der Waals surface area contributed by atoms with Gasteiger partial charge in [0.25, 0.3) is 0 Å². The lowest BCUT2D eigenvalue weighted by atomic mass is 10.1. The third-order valence-corrected chi connectivity index (χ3v) is 5.30. The number of sulfonamides is 1. The maximum absolute atomic E-state index is 11.9. The van der Waals surface area contributed by atoms with Crippen molar-refractivity contribution < 1.29 is 13.5 Å². The van der Waals surface area contributed by atoms with Crippen molar-refractivity contribution >= 4 is 10.0 Å². The van der Waals surface area contributed by atoms with Crippen molar-refractivity contribution in [2.45, 2.75) is 57.4 Å². The van der Waals surface area contributed by atoms with Gasteiger partial charge in [-0.05, 0) is 27.2 Å². The number of aliphatic hydroxyl groups excluding tert-OH is 1. The van der Waals surface area contributed by atoms with Crippen molar-refractivity contribution in [1.82, 2.24) is 4.31 Å². The summed E-state index contributed by atoms with van der Waals surface area (Å²) < 4.78 is 24.5. The zero-order valence-corrected chi connectivity index (χ0v) is 10.7. The van der Waals surface area contributed by atoms with Crippen LogP contribution in [0.25, 0.3) is 0 Å². The summed E-state index contributed by atoms with van der Waals surface area (Å²) in [7, 11) is -3.24. The standard InChI is InChI=1S/C10H21NO3S/c1-5-6-9(12)8-7-11(8)15(13,14)10(2,3)4/h8-9,12H,5-7H2,1-4H3. The molecule has 4 nitrogen and oxygen atoms in total. The van der Waals surface area contributed by atoms with Gasteiger partial charge in [-0.2, -0.15) is 4.31 Å². The van der Waals surface area contributed by atoms with Crippen molar-refractivity contribution in [3.8, 4) is 0 Å². The highest BCUT2D eigenvalue weighted by atomic mass is 32.2. The van der Waals surface area contributed by atoms with E-state index in [1.54, 1.807) is 20.8 Å². The van der Waals surface area contributed by atoms with Crippen molar-refractivity contribution in [2.75, 3.05) is 6.54 Å². The monoisotopic (exact) mass is 235 g/mol. The lowest BCUT2D eigenvalue weighted by Crippen LogP contribution is -2.36. The zero-order chi connectivity index (χ0) is 11.9. The Kier molecular flexibility index (Phi) is 3.48. The molecule has 1 heterocycles. The first-order chi connectivity index (χ1) is 6.71. The first kappa shape index (κ1) is 12.9. The molecule has 1 fully saturated rings. The number of rotatable bonds is 4. The fraction of sp³-hybridized carbons (Fsp3) is 1.00. The fourth-order valence-electron chi connectivity index (χ4n) is 1.57. The minimum absolute atomic E-state index is 0.186. The van der Waals surface area contributed by atoms with Gasteiger partial charge in [0.05, 0.1) is 16.9 Å². The van der Waals surface area contributed by atoms with E-state index in [0.29, 0.717) is 13.0 Å². The molecule has 0 amide bonds. The molecule has 90 valence electrons. The summed E-state index contributed by atoms with van der Waals surface area (Å²) >= 11 is 0. The zero-order valence-electron chi connectivity index (χ0n) is 9.90. The summed E-state index contributed by atoms with van der Waals surface area (Å²) in [6.45, 7) is 7.51. The van der Waals surface area contributed by atoms with Gasteiger partial charge >= 0.3 is 0 Å². The molecule has 15 heavy (non-hydrogen) atoms. The second-order valence-electron chi connectivity index (χ2n) is 5.11. The Bertz CT molecular complexity index is 318. The highest BCUT2D eigenvalue weighted by Crippen LogP contribution is 2.33. The molecule has 3 atom stereocenters. The highest BCUT2D eigenvalue weighted by molar-refractivity contribution is 7.90. The molecule has 0 aliphatic carbocycles. The molecule has 0 aromatic heterocycles. The maximum atomic E-state index is 11.9. The first-order valence-corrected chi connectivity index (χ1v) is 6.85. The van der Waals surface area contributed by atoms with Gasteiger partial charge in [-0.3, -0.25) is 0 Å². The number of hydrogen-bond acceptors (Lipinski definition) is 3. The lowest BCUT2D eigenvalue weighted by Gasteiger charge is -2.21. The van der Waals surface area contributed by atoms with Gasteiger partial charge in [0, 0.05) is 6.54 Å². The minimum atomic E-state index is -3.24. The molecule has 5 heteroatoms. The second kappa shape index (κ2) is 4.03. The van der Waals surface area contributed by atoms with E-state index in [9.17, 15) is 13.5 Å². The van der Waals surface area contributed by atoms with Crippen LogP contribution in [0.1, 0.15) is 40.5 Å². The molecule has 0 radical (unpaired) electrons. The molecule has 1 aliphatic heterocycles.